The highest BCUT2D eigenvalue weighted by atomic mass is 16.6. The monoisotopic (exact) mass is 356 g/mol. The van der Waals surface area contributed by atoms with Gasteiger partial charge in [0.2, 0.25) is 0 Å². The maximum absolute atomic E-state index is 12.9. The molecule has 6 heteroatoms. The fourth-order valence-electron chi connectivity index (χ4n) is 6.34. The lowest BCUT2D eigenvalue weighted by Gasteiger charge is -2.57. The van der Waals surface area contributed by atoms with Gasteiger partial charge in [-0.05, 0) is 36.8 Å². The van der Waals surface area contributed by atoms with Crippen molar-refractivity contribution in [1.82, 2.24) is 0 Å². The molecule has 5 aliphatic rings. The molecule has 0 N–H and O–H groups in total. The number of fused-ring (bicyclic) bond motifs is 4. The lowest BCUT2D eigenvalue weighted by atomic mass is 9.45. The van der Waals surface area contributed by atoms with Crippen LogP contribution in [0.25, 0.3) is 0 Å². The van der Waals surface area contributed by atoms with Crippen LogP contribution in [0.15, 0.2) is 34.7 Å². The number of carbonyl (C=O) groups excluding carboxylic acids is 2. The summed E-state index contributed by atoms with van der Waals surface area (Å²) in [7, 11) is 0. The molecule has 0 amide bonds. The highest BCUT2D eigenvalue weighted by Gasteiger charge is 2.72. The van der Waals surface area contributed by atoms with Gasteiger partial charge < -0.3 is 18.6 Å². The molecule has 4 heterocycles. The third kappa shape index (κ3) is 1.66. The summed E-state index contributed by atoms with van der Waals surface area (Å²) in [5.41, 5.74) is 1.04. The van der Waals surface area contributed by atoms with Crippen molar-refractivity contribution < 1.29 is 28.2 Å². The van der Waals surface area contributed by atoms with Gasteiger partial charge in [-0.25, -0.2) is 4.79 Å². The minimum atomic E-state index is -0.321. The van der Waals surface area contributed by atoms with Gasteiger partial charge in [0, 0.05) is 22.5 Å². The standard InChI is InChI=1S/C20H20O6/c1-19-7-14(10-3-5-23-8-10)26-18(22)11(19)2-4-20-9-24-17(21)12(20)6-13-15(25-13)16(19)20/h3,5-6,8,11,13-16H,2,4,7,9H2,1H3/t11-,13+,14+,15+,16+,19+,20-/m1/s1. The first kappa shape index (κ1) is 15.0. The largest absolute Gasteiger partial charge is 0.472 e. The summed E-state index contributed by atoms with van der Waals surface area (Å²) >= 11 is 0. The fourth-order valence-corrected chi connectivity index (χ4v) is 6.34. The molecule has 2 aliphatic carbocycles. The van der Waals surface area contributed by atoms with Crippen LogP contribution in [0.5, 0.6) is 0 Å². The third-order valence-corrected chi connectivity index (χ3v) is 7.50. The van der Waals surface area contributed by atoms with Crippen molar-refractivity contribution in [2.24, 2.45) is 22.7 Å². The maximum atomic E-state index is 12.9. The van der Waals surface area contributed by atoms with Crippen LogP contribution in [0.2, 0.25) is 0 Å². The van der Waals surface area contributed by atoms with E-state index in [-0.39, 0.29) is 52.9 Å². The predicted molar refractivity (Wildman–Crippen MR) is 86.6 cm³/mol. The van der Waals surface area contributed by atoms with Crippen LogP contribution >= 0.6 is 0 Å². The highest BCUT2D eigenvalue weighted by molar-refractivity contribution is 5.93. The number of epoxide rings is 1. The van der Waals surface area contributed by atoms with Gasteiger partial charge in [0.15, 0.2) is 0 Å². The predicted octanol–water partition coefficient (Wildman–Crippen LogP) is 2.55. The molecule has 0 aromatic carbocycles. The molecule has 1 spiro atoms. The molecule has 1 saturated carbocycles. The van der Waals surface area contributed by atoms with Crippen LogP contribution in [0.1, 0.15) is 37.9 Å². The summed E-state index contributed by atoms with van der Waals surface area (Å²) in [5.74, 6) is -0.428. The Labute approximate surface area is 150 Å². The van der Waals surface area contributed by atoms with Crippen molar-refractivity contribution >= 4 is 11.9 Å². The molecule has 1 aromatic rings. The Hall–Kier alpha value is -2.08. The number of rotatable bonds is 1. The molecule has 4 fully saturated rings. The SMILES string of the molecule is C[C@]12C[C@@H](c3ccoc3)OC(=O)[C@H]1CC[C@@]13COC(=O)C1=C[C@@H]1O[C@@H]1[C@H]32. The van der Waals surface area contributed by atoms with Crippen molar-refractivity contribution in [3.8, 4) is 0 Å². The van der Waals surface area contributed by atoms with E-state index in [2.05, 4.69) is 6.92 Å². The van der Waals surface area contributed by atoms with E-state index in [0.29, 0.717) is 13.0 Å². The Morgan fingerprint density at radius 3 is 2.96 bits per heavy atom. The molecule has 26 heavy (non-hydrogen) atoms. The van der Waals surface area contributed by atoms with Gasteiger partial charge >= 0.3 is 11.9 Å². The molecular formula is C20H20O6. The molecule has 0 bridgehead atoms. The van der Waals surface area contributed by atoms with Crippen LogP contribution in [0, 0.1) is 22.7 Å². The zero-order valence-electron chi connectivity index (χ0n) is 14.5. The Morgan fingerprint density at radius 1 is 1.27 bits per heavy atom. The van der Waals surface area contributed by atoms with Crippen LogP contribution < -0.4 is 0 Å². The van der Waals surface area contributed by atoms with Crippen LogP contribution in [-0.4, -0.2) is 30.8 Å². The second-order valence-corrected chi connectivity index (χ2v) is 8.64. The number of hydrogen-bond acceptors (Lipinski definition) is 6. The molecule has 0 radical (unpaired) electrons. The molecule has 3 aliphatic heterocycles. The summed E-state index contributed by atoms with van der Waals surface area (Å²) in [5, 5.41) is 0. The van der Waals surface area contributed by atoms with E-state index in [1.165, 1.54) is 0 Å². The molecule has 6 nitrogen and oxygen atoms in total. The molecular weight excluding hydrogens is 336 g/mol. The Bertz CT molecular complexity index is 840. The zero-order chi connectivity index (χ0) is 17.7. The average molecular weight is 356 g/mol. The van der Waals surface area contributed by atoms with Gasteiger partial charge in [-0.15, -0.1) is 0 Å². The number of esters is 2. The number of ether oxygens (including phenoxy) is 3. The van der Waals surface area contributed by atoms with E-state index < -0.39 is 0 Å². The number of furan rings is 1. The first-order valence-electron chi connectivity index (χ1n) is 9.30. The molecule has 3 saturated heterocycles. The van der Waals surface area contributed by atoms with E-state index >= 15 is 0 Å². The van der Waals surface area contributed by atoms with Crippen molar-refractivity contribution in [1.29, 1.82) is 0 Å². The number of cyclic esters (lactones) is 2. The van der Waals surface area contributed by atoms with E-state index in [1.54, 1.807) is 12.5 Å². The zero-order valence-corrected chi connectivity index (χ0v) is 14.5. The van der Waals surface area contributed by atoms with E-state index in [4.69, 9.17) is 18.6 Å². The molecule has 7 atom stereocenters. The summed E-state index contributed by atoms with van der Waals surface area (Å²) in [6.45, 7) is 2.59. The van der Waals surface area contributed by atoms with Gasteiger partial charge in [-0.3, -0.25) is 4.79 Å². The Balaban J connectivity index is 1.46. The van der Waals surface area contributed by atoms with Crippen molar-refractivity contribution in [3.63, 3.8) is 0 Å². The minimum absolute atomic E-state index is 0.0188. The Morgan fingerprint density at radius 2 is 2.15 bits per heavy atom. The van der Waals surface area contributed by atoms with Crippen LogP contribution in [0.4, 0.5) is 0 Å². The van der Waals surface area contributed by atoms with E-state index in [0.717, 1.165) is 24.0 Å². The van der Waals surface area contributed by atoms with Crippen LogP contribution in [-0.2, 0) is 23.8 Å². The quantitative estimate of drug-likeness (QED) is 0.568. The summed E-state index contributed by atoms with van der Waals surface area (Å²) in [6, 6.07) is 1.85. The van der Waals surface area contributed by atoms with Gasteiger partial charge in [0.05, 0.1) is 24.5 Å². The first-order valence-corrected chi connectivity index (χ1v) is 9.30. The molecule has 136 valence electrons. The number of hydrogen-bond donors (Lipinski definition) is 0. The summed E-state index contributed by atoms with van der Waals surface area (Å²) in [6.07, 6.45) is 7.14. The van der Waals surface area contributed by atoms with Crippen LogP contribution in [0.3, 0.4) is 0 Å². The van der Waals surface area contributed by atoms with E-state index in [9.17, 15) is 9.59 Å². The summed E-state index contributed by atoms with van der Waals surface area (Å²) < 4.78 is 22.4. The van der Waals surface area contributed by atoms with Gasteiger partial charge in [-0.2, -0.15) is 0 Å². The normalized spacial score (nSPS) is 48.3. The first-order chi connectivity index (χ1) is 12.5. The smallest absolute Gasteiger partial charge is 0.334 e. The third-order valence-electron chi connectivity index (χ3n) is 7.50. The maximum Gasteiger partial charge on any atom is 0.334 e. The average Bonchev–Trinajstić information content (AvgIpc) is 3.01. The Kier molecular flexibility index (Phi) is 2.66. The second kappa shape index (κ2) is 4.60. The number of carbonyl (C=O) groups is 2. The topological polar surface area (TPSA) is 78.3 Å². The van der Waals surface area contributed by atoms with E-state index in [1.807, 2.05) is 12.1 Å². The summed E-state index contributed by atoms with van der Waals surface area (Å²) in [4.78, 5) is 25.2. The lowest BCUT2D eigenvalue weighted by molar-refractivity contribution is -0.192. The van der Waals surface area contributed by atoms with Crippen molar-refractivity contribution in [2.45, 2.75) is 44.5 Å². The molecule has 0 unspecified atom stereocenters. The fraction of sp³-hybridized carbons (Fsp3) is 0.600. The minimum Gasteiger partial charge on any atom is -0.472 e. The van der Waals surface area contributed by atoms with Gasteiger partial charge in [0.25, 0.3) is 0 Å². The van der Waals surface area contributed by atoms with Crippen molar-refractivity contribution in [2.75, 3.05) is 6.61 Å². The van der Waals surface area contributed by atoms with Crippen molar-refractivity contribution in [3.05, 3.63) is 35.8 Å². The second-order valence-electron chi connectivity index (χ2n) is 8.64. The highest BCUT2D eigenvalue weighted by Crippen LogP contribution is 2.69. The van der Waals surface area contributed by atoms with Gasteiger partial charge in [-0.1, -0.05) is 6.92 Å². The lowest BCUT2D eigenvalue weighted by Crippen LogP contribution is -2.59. The molecule has 6 rings (SSSR count). The van der Waals surface area contributed by atoms with Gasteiger partial charge in [0.1, 0.15) is 18.8 Å². The molecule has 1 aromatic heterocycles.